The zero-order chi connectivity index (χ0) is 19.0. The molecule has 0 radical (unpaired) electrons. The number of carbonyl (C=O) groups excluding carboxylic acids is 1. The predicted octanol–water partition coefficient (Wildman–Crippen LogP) is -0.409. The Morgan fingerprint density at radius 2 is 1.89 bits per heavy atom. The number of nitrogens with zero attached hydrogens (tertiary/aromatic N) is 1. The van der Waals surface area contributed by atoms with Crippen molar-refractivity contribution in [3.8, 4) is 44.6 Å². The Morgan fingerprint density at radius 3 is 2.61 bits per heavy atom. The fourth-order valence-corrected chi connectivity index (χ4v) is 3.70. The van der Waals surface area contributed by atoms with E-state index in [1.165, 1.54) is 24.7 Å². The average Bonchev–Trinajstić information content (AvgIpc) is 3.35. The molecule has 0 amide bonds. The second kappa shape index (κ2) is 8.40. The number of aromatic carboxylic acids is 1. The van der Waals surface area contributed by atoms with Gasteiger partial charge in [0.1, 0.15) is 5.75 Å². The Bertz CT molecular complexity index is 1040. The van der Waals surface area contributed by atoms with E-state index in [4.69, 9.17) is 18.9 Å². The van der Waals surface area contributed by atoms with Gasteiger partial charge in [0.05, 0.1) is 25.1 Å². The maximum Gasteiger partial charge on any atom is 1.00 e. The predicted molar refractivity (Wildman–Crippen MR) is 96.5 cm³/mol. The third kappa shape index (κ3) is 3.56. The Kier molecular flexibility index (Phi) is 6.14. The molecular formula is C19H14NNaO6S. The second-order valence-corrected chi connectivity index (χ2v) is 6.49. The summed E-state index contributed by atoms with van der Waals surface area (Å²) in [5.74, 6) is 0.658. The van der Waals surface area contributed by atoms with E-state index in [-0.39, 0.29) is 47.7 Å². The summed E-state index contributed by atoms with van der Waals surface area (Å²) in [6.07, 6.45) is 1.69. The van der Waals surface area contributed by atoms with Gasteiger partial charge in [0.2, 0.25) is 12.5 Å². The van der Waals surface area contributed by atoms with Crippen LogP contribution in [0.5, 0.6) is 23.0 Å². The number of ether oxygens (including phenoxy) is 4. The quantitative estimate of drug-likeness (QED) is 0.531. The minimum atomic E-state index is -1.30. The molecule has 0 N–H and O–H groups in total. The molecule has 28 heavy (non-hydrogen) atoms. The van der Waals surface area contributed by atoms with Crippen molar-refractivity contribution in [2.45, 2.75) is 0 Å². The zero-order valence-electron chi connectivity index (χ0n) is 15.5. The molecule has 0 saturated heterocycles. The maximum atomic E-state index is 11.4. The minimum absolute atomic E-state index is 0. The van der Waals surface area contributed by atoms with Gasteiger partial charge in [0.15, 0.2) is 11.5 Å². The van der Waals surface area contributed by atoms with Crippen LogP contribution in [0, 0.1) is 0 Å². The normalized spacial score (nSPS) is 11.6. The Morgan fingerprint density at radius 1 is 1.11 bits per heavy atom. The van der Waals surface area contributed by atoms with E-state index in [1.54, 1.807) is 25.4 Å². The van der Waals surface area contributed by atoms with Crippen LogP contribution in [0.15, 0.2) is 36.5 Å². The van der Waals surface area contributed by atoms with Crippen LogP contribution in [0.4, 0.5) is 0 Å². The minimum Gasteiger partial charge on any atom is -0.545 e. The summed E-state index contributed by atoms with van der Waals surface area (Å²) >= 11 is 1.29. The van der Waals surface area contributed by atoms with Crippen molar-refractivity contribution in [2.75, 3.05) is 21.0 Å². The summed E-state index contributed by atoms with van der Waals surface area (Å²) in [6.45, 7) is 0.137. The van der Waals surface area contributed by atoms with Gasteiger partial charge in [-0.15, -0.1) is 0 Å². The Balaban J connectivity index is 0.00000225. The van der Waals surface area contributed by atoms with E-state index in [0.717, 1.165) is 16.0 Å². The van der Waals surface area contributed by atoms with Crippen LogP contribution in [0.1, 0.15) is 10.4 Å². The molecule has 0 fully saturated rings. The second-order valence-electron chi connectivity index (χ2n) is 5.68. The van der Waals surface area contributed by atoms with E-state index in [2.05, 4.69) is 4.37 Å². The molecule has 2 heterocycles. The van der Waals surface area contributed by atoms with E-state index < -0.39 is 5.97 Å². The van der Waals surface area contributed by atoms with Crippen LogP contribution in [0.25, 0.3) is 21.6 Å². The summed E-state index contributed by atoms with van der Waals surface area (Å²) in [7, 11) is 2.97. The fourth-order valence-electron chi connectivity index (χ4n) is 2.95. The van der Waals surface area contributed by atoms with Crippen molar-refractivity contribution in [3.63, 3.8) is 0 Å². The van der Waals surface area contributed by atoms with Crippen molar-refractivity contribution in [1.82, 2.24) is 4.37 Å². The van der Waals surface area contributed by atoms with E-state index in [9.17, 15) is 9.90 Å². The SMILES string of the molecule is COc1ccc(-c2cnsc2-c2cc(OC)c3c(c2)OCO3)cc1C(=O)[O-].[Na+]. The van der Waals surface area contributed by atoms with Gasteiger partial charge in [-0.05, 0) is 41.4 Å². The number of rotatable bonds is 5. The van der Waals surface area contributed by atoms with Crippen LogP contribution >= 0.6 is 11.5 Å². The standard InChI is InChI=1S/C19H15NO6S.Na/c1-23-14-4-3-10(5-12(14)19(21)22)13-8-20-27-18(13)11-6-15(24-2)17-16(7-11)25-9-26-17;/h3-8H,9H2,1-2H3,(H,21,22);/q;+1/p-1. The molecule has 138 valence electrons. The summed E-state index contributed by atoms with van der Waals surface area (Å²) in [5, 5.41) is 11.4. The van der Waals surface area contributed by atoms with Gasteiger partial charge in [0, 0.05) is 22.9 Å². The average molecular weight is 407 g/mol. The molecule has 0 saturated carbocycles. The largest absolute Gasteiger partial charge is 1.00 e. The van der Waals surface area contributed by atoms with Gasteiger partial charge in [-0.2, -0.15) is 4.37 Å². The molecule has 2 aromatic carbocycles. The number of hydrogen-bond donors (Lipinski definition) is 0. The molecule has 0 unspecified atom stereocenters. The zero-order valence-corrected chi connectivity index (χ0v) is 18.3. The van der Waals surface area contributed by atoms with Crippen molar-refractivity contribution < 1.29 is 58.4 Å². The molecule has 4 rings (SSSR count). The van der Waals surface area contributed by atoms with Gasteiger partial charge >= 0.3 is 29.6 Å². The first-order chi connectivity index (χ1) is 13.1. The number of carboxylic acids is 1. The molecule has 0 spiro atoms. The fraction of sp³-hybridized carbons (Fsp3) is 0.158. The third-order valence-corrected chi connectivity index (χ3v) is 5.07. The maximum absolute atomic E-state index is 11.4. The molecular weight excluding hydrogens is 393 g/mol. The van der Waals surface area contributed by atoms with Crippen molar-refractivity contribution in [3.05, 3.63) is 42.1 Å². The van der Waals surface area contributed by atoms with E-state index >= 15 is 0 Å². The Labute approximate surface area is 187 Å². The summed E-state index contributed by atoms with van der Waals surface area (Å²) in [5.41, 5.74) is 2.29. The first-order valence-electron chi connectivity index (χ1n) is 7.94. The Hall–Kier alpha value is -2.26. The van der Waals surface area contributed by atoms with Gasteiger partial charge in [-0.3, -0.25) is 0 Å². The molecule has 0 bridgehead atoms. The van der Waals surface area contributed by atoms with Crippen LogP contribution in [0.2, 0.25) is 0 Å². The number of aromatic nitrogens is 1. The van der Waals surface area contributed by atoms with Crippen molar-refractivity contribution >= 4 is 17.5 Å². The smallest absolute Gasteiger partial charge is 0.545 e. The van der Waals surface area contributed by atoms with Crippen LogP contribution in [0.3, 0.4) is 0 Å². The van der Waals surface area contributed by atoms with Gasteiger partial charge in [-0.25, -0.2) is 0 Å². The molecule has 1 aromatic heterocycles. The van der Waals surface area contributed by atoms with Gasteiger partial charge in [0.25, 0.3) is 0 Å². The molecule has 0 aliphatic carbocycles. The number of carboxylic acid groups (broad SMARTS) is 1. The summed E-state index contributed by atoms with van der Waals surface area (Å²) in [6, 6.07) is 8.59. The topological polar surface area (TPSA) is 89.9 Å². The first-order valence-corrected chi connectivity index (χ1v) is 8.72. The molecule has 9 heteroatoms. The number of fused-ring (bicyclic) bond motifs is 1. The first kappa shape index (κ1) is 20.5. The summed E-state index contributed by atoms with van der Waals surface area (Å²) < 4.78 is 25.7. The summed E-state index contributed by atoms with van der Waals surface area (Å²) in [4.78, 5) is 12.3. The van der Waals surface area contributed by atoms with E-state index in [0.29, 0.717) is 22.8 Å². The van der Waals surface area contributed by atoms with Gasteiger partial charge in [-0.1, -0.05) is 6.07 Å². The number of hydrogen-bond acceptors (Lipinski definition) is 8. The van der Waals surface area contributed by atoms with Crippen LogP contribution < -0.4 is 53.6 Å². The molecule has 3 aromatic rings. The van der Waals surface area contributed by atoms with Crippen molar-refractivity contribution in [1.29, 1.82) is 0 Å². The van der Waals surface area contributed by atoms with Crippen LogP contribution in [-0.2, 0) is 0 Å². The molecule has 0 atom stereocenters. The number of methoxy groups -OCH3 is 2. The van der Waals surface area contributed by atoms with Crippen LogP contribution in [-0.4, -0.2) is 31.4 Å². The number of benzene rings is 2. The number of carbonyl (C=O) groups is 1. The molecule has 7 nitrogen and oxygen atoms in total. The van der Waals surface area contributed by atoms with E-state index in [1.807, 2.05) is 12.1 Å². The molecule has 1 aliphatic rings. The molecule has 1 aliphatic heterocycles. The third-order valence-electron chi connectivity index (χ3n) is 4.22. The van der Waals surface area contributed by atoms with Gasteiger partial charge < -0.3 is 28.8 Å². The van der Waals surface area contributed by atoms with Crippen molar-refractivity contribution in [2.24, 2.45) is 0 Å². The monoisotopic (exact) mass is 407 g/mol.